The zero-order valence-corrected chi connectivity index (χ0v) is 18.7. The van der Waals surface area contributed by atoms with Crippen molar-refractivity contribution in [1.29, 1.82) is 0 Å². The van der Waals surface area contributed by atoms with Gasteiger partial charge < -0.3 is 9.88 Å². The lowest BCUT2D eigenvalue weighted by Crippen LogP contribution is -2.46. The Hall–Kier alpha value is -2.57. The number of para-hydroxylation sites is 2. The lowest BCUT2D eigenvalue weighted by molar-refractivity contribution is 0.251. The van der Waals surface area contributed by atoms with Gasteiger partial charge in [0.1, 0.15) is 0 Å². The second kappa shape index (κ2) is 11.2. The highest BCUT2D eigenvalue weighted by Gasteiger charge is 2.16. The minimum absolute atomic E-state index is 0. The van der Waals surface area contributed by atoms with E-state index in [1.807, 2.05) is 12.1 Å². The molecule has 0 atom stereocenters. The Morgan fingerprint density at radius 2 is 1.39 bits per heavy atom. The number of nitrogens with zero attached hydrogens (tertiary/aromatic N) is 3. The molecule has 1 saturated heterocycles. The molecule has 2 heterocycles. The van der Waals surface area contributed by atoms with Gasteiger partial charge in [0.15, 0.2) is 0 Å². The number of hydrogen-bond acceptors (Lipinski definition) is 4. The van der Waals surface area contributed by atoms with Crippen molar-refractivity contribution in [3.63, 3.8) is 0 Å². The third-order valence-corrected chi connectivity index (χ3v) is 5.99. The number of hydrogen-bond donors (Lipinski definition) is 1. The van der Waals surface area contributed by atoms with Crippen molar-refractivity contribution in [2.45, 2.75) is 32.2 Å². The third-order valence-electron chi connectivity index (χ3n) is 5.99. The van der Waals surface area contributed by atoms with Gasteiger partial charge in [-0.2, -0.15) is 0 Å². The quantitative estimate of drug-likeness (QED) is 0.542. The molecule has 0 amide bonds. The van der Waals surface area contributed by atoms with Crippen LogP contribution in [-0.4, -0.2) is 47.2 Å². The molecule has 0 saturated carbocycles. The summed E-state index contributed by atoms with van der Waals surface area (Å²) in [5.41, 5.74) is 1.42. The van der Waals surface area contributed by atoms with E-state index in [9.17, 15) is 9.59 Å². The first kappa shape index (κ1) is 23.1. The van der Waals surface area contributed by atoms with Gasteiger partial charge in [0.05, 0.1) is 10.9 Å². The number of piperazine rings is 1. The first-order chi connectivity index (χ1) is 14.7. The summed E-state index contributed by atoms with van der Waals surface area (Å²) in [6, 6.07) is 17.8. The van der Waals surface area contributed by atoms with Crippen LogP contribution in [0.1, 0.15) is 25.7 Å². The average molecular weight is 443 g/mol. The molecule has 0 unspecified atom stereocenters. The SMILES string of the molecule is Cl.O=c1[nH]c2ccccc2c(=O)n1CCCCCCN1CCN(c2ccccc2)CC1. The molecule has 0 spiro atoms. The summed E-state index contributed by atoms with van der Waals surface area (Å²) < 4.78 is 1.34. The maximum atomic E-state index is 12.5. The maximum Gasteiger partial charge on any atom is 0.328 e. The van der Waals surface area contributed by atoms with Gasteiger partial charge in [0.25, 0.3) is 5.56 Å². The van der Waals surface area contributed by atoms with Crippen molar-refractivity contribution >= 4 is 29.0 Å². The number of anilines is 1. The fraction of sp³-hybridized carbons (Fsp3) is 0.417. The molecule has 0 aliphatic carbocycles. The molecule has 1 aliphatic rings. The minimum atomic E-state index is -0.310. The molecule has 1 fully saturated rings. The Kier molecular flexibility index (Phi) is 8.32. The summed E-state index contributed by atoms with van der Waals surface area (Å²) in [7, 11) is 0. The van der Waals surface area contributed by atoms with E-state index in [1.165, 1.54) is 10.3 Å². The molecule has 31 heavy (non-hydrogen) atoms. The highest BCUT2D eigenvalue weighted by atomic mass is 35.5. The first-order valence-corrected chi connectivity index (χ1v) is 11.0. The van der Waals surface area contributed by atoms with Crippen molar-refractivity contribution in [2.24, 2.45) is 0 Å². The van der Waals surface area contributed by atoms with Crippen LogP contribution in [0, 0.1) is 0 Å². The lowest BCUT2D eigenvalue weighted by atomic mass is 10.1. The number of fused-ring (bicyclic) bond motifs is 1. The van der Waals surface area contributed by atoms with E-state index >= 15 is 0 Å². The van der Waals surface area contributed by atoms with Gasteiger partial charge in [-0.15, -0.1) is 12.4 Å². The predicted octanol–water partition coefficient (Wildman–Crippen LogP) is 3.49. The van der Waals surface area contributed by atoms with Crippen molar-refractivity contribution in [3.8, 4) is 0 Å². The second-order valence-corrected chi connectivity index (χ2v) is 8.01. The predicted molar refractivity (Wildman–Crippen MR) is 130 cm³/mol. The normalized spacial score (nSPS) is 14.5. The molecule has 6 nitrogen and oxygen atoms in total. The summed E-state index contributed by atoms with van der Waals surface area (Å²) in [6.07, 6.45) is 4.17. The van der Waals surface area contributed by atoms with Crippen LogP contribution in [0.15, 0.2) is 64.2 Å². The monoisotopic (exact) mass is 442 g/mol. The Morgan fingerprint density at radius 3 is 2.13 bits per heavy atom. The summed E-state index contributed by atoms with van der Waals surface area (Å²) in [5, 5.41) is 0.576. The highest BCUT2D eigenvalue weighted by molar-refractivity contribution is 5.85. The van der Waals surface area contributed by atoms with Crippen molar-refractivity contribution < 1.29 is 0 Å². The molecule has 1 N–H and O–H groups in total. The van der Waals surface area contributed by atoms with E-state index in [1.54, 1.807) is 12.1 Å². The van der Waals surface area contributed by atoms with E-state index in [0.29, 0.717) is 17.4 Å². The number of benzene rings is 2. The maximum absolute atomic E-state index is 12.5. The van der Waals surface area contributed by atoms with Crippen LogP contribution in [0.3, 0.4) is 0 Å². The largest absolute Gasteiger partial charge is 0.369 e. The van der Waals surface area contributed by atoms with Crippen LogP contribution in [0.5, 0.6) is 0 Å². The first-order valence-electron chi connectivity index (χ1n) is 11.0. The number of unbranched alkanes of at least 4 members (excludes halogenated alkanes) is 3. The molecule has 0 radical (unpaired) electrons. The van der Waals surface area contributed by atoms with E-state index in [0.717, 1.165) is 58.4 Å². The van der Waals surface area contributed by atoms with E-state index in [-0.39, 0.29) is 23.7 Å². The van der Waals surface area contributed by atoms with Gasteiger partial charge in [0.2, 0.25) is 0 Å². The second-order valence-electron chi connectivity index (χ2n) is 8.01. The molecular weight excluding hydrogens is 412 g/mol. The number of nitrogens with one attached hydrogen (secondary N) is 1. The number of aromatic amines is 1. The van der Waals surface area contributed by atoms with Crippen LogP contribution in [0.25, 0.3) is 10.9 Å². The molecule has 2 aromatic carbocycles. The van der Waals surface area contributed by atoms with Gasteiger partial charge in [-0.25, -0.2) is 4.79 Å². The Morgan fingerprint density at radius 1 is 0.742 bits per heavy atom. The molecule has 1 aromatic heterocycles. The van der Waals surface area contributed by atoms with Crippen LogP contribution >= 0.6 is 12.4 Å². The van der Waals surface area contributed by atoms with Crippen LogP contribution in [0.2, 0.25) is 0 Å². The fourth-order valence-electron chi connectivity index (χ4n) is 4.23. The van der Waals surface area contributed by atoms with Crippen LogP contribution < -0.4 is 16.1 Å². The molecule has 0 bridgehead atoms. The Balaban J connectivity index is 0.00000272. The number of H-pyrrole nitrogens is 1. The van der Waals surface area contributed by atoms with Crippen LogP contribution in [0.4, 0.5) is 5.69 Å². The number of rotatable bonds is 8. The van der Waals surface area contributed by atoms with Crippen LogP contribution in [-0.2, 0) is 6.54 Å². The van der Waals surface area contributed by atoms with Gasteiger partial charge in [-0.3, -0.25) is 14.3 Å². The average Bonchev–Trinajstić information content (AvgIpc) is 2.79. The Labute approximate surface area is 188 Å². The van der Waals surface area contributed by atoms with Gasteiger partial charge in [0, 0.05) is 38.4 Å². The van der Waals surface area contributed by atoms with Gasteiger partial charge in [-0.05, 0) is 43.7 Å². The molecule has 7 heteroatoms. The lowest BCUT2D eigenvalue weighted by Gasteiger charge is -2.36. The molecule has 1 aliphatic heterocycles. The van der Waals surface area contributed by atoms with Crippen molar-refractivity contribution in [3.05, 3.63) is 75.4 Å². The smallest absolute Gasteiger partial charge is 0.328 e. The third kappa shape index (κ3) is 5.77. The summed E-state index contributed by atoms with van der Waals surface area (Å²) in [5.74, 6) is 0. The summed E-state index contributed by atoms with van der Waals surface area (Å²) >= 11 is 0. The summed E-state index contributed by atoms with van der Waals surface area (Å²) in [6.45, 7) is 5.98. The highest BCUT2D eigenvalue weighted by Crippen LogP contribution is 2.16. The zero-order valence-electron chi connectivity index (χ0n) is 17.8. The van der Waals surface area contributed by atoms with E-state index < -0.39 is 0 Å². The van der Waals surface area contributed by atoms with E-state index in [4.69, 9.17) is 0 Å². The molecule has 4 rings (SSSR count). The summed E-state index contributed by atoms with van der Waals surface area (Å²) in [4.78, 5) is 32.5. The molecule has 166 valence electrons. The van der Waals surface area contributed by atoms with Gasteiger partial charge >= 0.3 is 5.69 Å². The number of aromatic nitrogens is 2. The Bertz CT molecular complexity index is 1070. The topological polar surface area (TPSA) is 61.3 Å². The zero-order chi connectivity index (χ0) is 20.8. The fourth-order valence-corrected chi connectivity index (χ4v) is 4.23. The number of halogens is 1. The molecular formula is C24H31ClN4O2. The van der Waals surface area contributed by atoms with Crippen molar-refractivity contribution in [2.75, 3.05) is 37.6 Å². The van der Waals surface area contributed by atoms with Crippen molar-refractivity contribution in [1.82, 2.24) is 14.5 Å². The molecule has 3 aromatic rings. The van der Waals surface area contributed by atoms with Gasteiger partial charge in [-0.1, -0.05) is 43.2 Å². The van der Waals surface area contributed by atoms with E-state index in [2.05, 4.69) is 45.1 Å². The standard InChI is InChI=1S/C24H30N4O2.ClH/c29-23-21-12-6-7-13-22(21)25-24(30)28(23)15-9-2-1-8-14-26-16-18-27(19-17-26)20-10-4-3-5-11-20;/h3-7,10-13H,1-2,8-9,14-19H2,(H,25,30);1H. The minimum Gasteiger partial charge on any atom is -0.369 e.